The first-order valence-electron chi connectivity index (χ1n) is 7.24. The Morgan fingerprint density at radius 2 is 2.10 bits per heavy atom. The summed E-state index contributed by atoms with van der Waals surface area (Å²) in [4.78, 5) is 0. The van der Waals surface area contributed by atoms with Gasteiger partial charge in [0.25, 0.3) is 0 Å². The number of methoxy groups -OCH3 is 2. The molecule has 4 heteroatoms. The molecule has 1 N–H and O–H groups in total. The first-order valence-corrected chi connectivity index (χ1v) is 7.24. The highest BCUT2D eigenvalue weighted by atomic mass is 16.5. The van der Waals surface area contributed by atoms with E-state index in [1.807, 2.05) is 18.2 Å². The maximum Gasteiger partial charge on any atom is 0.123 e. The smallest absolute Gasteiger partial charge is 0.123 e. The van der Waals surface area contributed by atoms with Crippen molar-refractivity contribution >= 4 is 0 Å². The van der Waals surface area contributed by atoms with Crippen LogP contribution in [0, 0.1) is 0 Å². The molecule has 3 unspecified atom stereocenters. The van der Waals surface area contributed by atoms with Crippen molar-refractivity contribution in [2.75, 3.05) is 20.8 Å². The Bertz CT molecular complexity index is 436. The Morgan fingerprint density at radius 1 is 1.30 bits per heavy atom. The van der Waals surface area contributed by atoms with Gasteiger partial charge >= 0.3 is 0 Å². The van der Waals surface area contributed by atoms with Crippen LogP contribution in [0.3, 0.4) is 0 Å². The number of rotatable bonds is 6. The predicted molar refractivity (Wildman–Crippen MR) is 79.5 cm³/mol. The molecule has 1 fully saturated rings. The van der Waals surface area contributed by atoms with Gasteiger partial charge in [0.2, 0.25) is 0 Å². The van der Waals surface area contributed by atoms with Crippen LogP contribution in [0.2, 0.25) is 0 Å². The summed E-state index contributed by atoms with van der Waals surface area (Å²) in [5.74, 6) is 1.73. The second-order valence-corrected chi connectivity index (χ2v) is 5.38. The SMILES string of the molecule is COc1ccc(OC)c(C(C)NCC2CCC(C)O2)c1. The van der Waals surface area contributed by atoms with E-state index in [4.69, 9.17) is 14.2 Å². The molecule has 1 aromatic carbocycles. The average Bonchev–Trinajstić information content (AvgIpc) is 2.89. The highest BCUT2D eigenvalue weighted by Crippen LogP contribution is 2.29. The summed E-state index contributed by atoms with van der Waals surface area (Å²) in [5.41, 5.74) is 1.11. The summed E-state index contributed by atoms with van der Waals surface area (Å²) in [6.07, 6.45) is 3.01. The summed E-state index contributed by atoms with van der Waals surface area (Å²) < 4.78 is 16.5. The Morgan fingerprint density at radius 3 is 2.70 bits per heavy atom. The molecule has 2 rings (SSSR count). The van der Waals surface area contributed by atoms with Crippen molar-refractivity contribution in [2.24, 2.45) is 0 Å². The van der Waals surface area contributed by atoms with Crippen molar-refractivity contribution in [3.05, 3.63) is 23.8 Å². The monoisotopic (exact) mass is 279 g/mol. The first kappa shape index (κ1) is 15.1. The maximum absolute atomic E-state index is 5.83. The molecule has 0 aliphatic carbocycles. The minimum absolute atomic E-state index is 0.194. The second-order valence-electron chi connectivity index (χ2n) is 5.38. The van der Waals surface area contributed by atoms with Gasteiger partial charge in [-0.05, 0) is 44.9 Å². The third-order valence-electron chi connectivity index (χ3n) is 3.88. The lowest BCUT2D eigenvalue weighted by molar-refractivity contribution is 0.0546. The fraction of sp³-hybridized carbons (Fsp3) is 0.625. The summed E-state index contributed by atoms with van der Waals surface area (Å²) in [6, 6.07) is 6.07. The minimum atomic E-state index is 0.194. The first-order chi connectivity index (χ1) is 9.63. The Kier molecular flexibility index (Phi) is 5.26. The number of hydrogen-bond donors (Lipinski definition) is 1. The molecule has 1 aromatic rings. The van der Waals surface area contributed by atoms with Crippen LogP contribution in [-0.2, 0) is 4.74 Å². The molecule has 0 saturated carbocycles. The van der Waals surface area contributed by atoms with Crippen LogP contribution < -0.4 is 14.8 Å². The summed E-state index contributed by atoms with van der Waals surface area (Å²) >= 11 is 0. The lowest BCUT2D eigenvalue weighted by Crippen LogP contribution is -2.29. The lowest BCUT2D eigenvalue weighted by atomic mass is 10.1. The standard InChI is InChI=1S/C16H25NO3/c1-11-5-6-14(20-11)10-17-12(2)15-9-13(18-3)7-8-16(15)19-4/h7-9,11-12,14,17H,5-6,10H2,1-4H3. The van der Waals surface area contributed by atoms with Crippen molar-refractivity contribution in [1.82, 2.24) is 5.32 Å². The molecule has 1 saturated heterocycles. The molecule has 0 spiro atoms. The molecule has 0 radical (unpaired) electrons. The van der Waals surface area contributed by atoms with Crippen LogP contribution in [0.15, 0.2) is 18.2 Å². The molecule has 20 heavy (non-hydrogen) atoms. The zero-order valence-electron chi connectivity index (χ0n) is 12.8. The van der Waals surface area contributed by atoms with E-state index in [2.05, 4.69) is 19.2 Å². The Hall–Kier alpha value is -1.26. The van der Waals surface area contributed by atoms with Gasteiger partial charge in [-0.2, -0.15) is 0 Å². The Balaban J connectivity index is 1.98. The third-order valence-corrected chi connectivity index (χ3v) is 3.88. The van der Waals surface area contributed by atoms with Crippen molar-refractivity contribution in [3.8, 4) is 11.5 Å². The van der Waals surface area contributed by atoms with Crippen LogP contribution >= 0.6 is 0 Å². The molecular weight excluding hydrogens is 254 g/mol. The topological polar surface area (TPSA) is 39.7 Å². The van der Waals surface area contributed by atoms with Gasteiger partial charge in [0, 0.05) is 18.2 Å². The number of benzene rings is 1. The zero-order chi connectivity index (χ0) is 14.5. The maximum atomic E-state index is 5.83. The highest BCUT2D eigenvalue weighted by Gasteiger charge is 2.22. The number of nitrogens with one attached hydrogen (secondary N) is 1. The Labute approximate surface area is 121 Å². The fourth-order valence-electron chi connectivity index (χ4n) is 2.63. The van der Waals surface area contributed by atoms with Gasteiger partial charge < -0.3 is 19.5 Å². The number of ether oxygens (including phenoxy) is 3. The van der Waals surface area contributed by atoms with E-state index < -0.39 is 0 Å². The van der Waals surface area contributed by atoms with E-state index >= 15 is 0 Å². The van der Waals surface area contributed by atoms with Gasteiger partial charge in [0.05, 0.1) is 26.4 Å². The molecule has 1 heterocycles. The van der Waals surface area contributed by atoms with E-state index in [0.717, 1.165) is 36.4 Å². The quantitative estimate of drug-likeness (QED) is 0.869. The van der Waals surface area contributed by atoms with Crippen molar-refractivity contribution in [3.63, 3.8) is 0 Å². The van der Waals surface area contributed by atoms with Gasteiger partial charge in [-0.25, -0.2) is 0 Å². The van der Waals surface area contributed by atoms with Crippen molar-refractivity contribution in [2.45, 2.75) is 44.9 Å². The van der Waals surface area contributed by atoms with Crippen molar-refractivity contribution < 1.29 is 14.2 Å². The molecular formula is C16H25NO3. The minimum Gasteiger partial charge on any atom is -0.497 e. The van der Waals surface area contributed by atoms with E-state index in [1.54, 1.807) is 14.2 Å². The molecule has 0 aromatic heterocycles. The highest BCUT2D eigenvalue weighted by molar-refractivity contribution is 5.42. The van der Waals surface area contributed by atoms with Gasteiger partial charge in [-0.15, -0.1) is 0 Å². The van der Waals surface area contributed by atoms with Crippen LogP contribution in [0.1, 0.15) is 38.3 Å². The van der Waals surface area contributed by atoms with E-state index in [9.17, 15) is 0 Å². The molecule has 0 amide bonds. The van der Waals surface area contributed by atoms with Crippen molar-refractivity contribution in [1.29, 1.82) is 0 Å². The molecule has 1 aliphatic heterocycles. The van der Waals surface area contributed by atoms with Crippen LogP contribution in [0.4, 0.5) is 0 Å². The lowest BCUT2D eigenvalue weighted by Gasteiger charge is -2.20. The second kappa shape index (κ2) is 6.95. The zero-order valence-corrected chi connectivity index (χ0v) is 12.8. The third kappa shape index (κ3) is 3.64. The number of hydrogen-bond acceptors (Lipinski definition) is 4. The van der Waals surface area contributed by atoms with Gasteiger partial charge in [-0.3, -0.25) is 0 Å². The van der Waals surface area contributed by atoms with Gasteiger partial charge in [-0.1, -0.05) is 0 Å². The summed E-state index contributed by atoms with van der Waals surface area (Å²) in [5, 5.41) is 3.53. The van der Waals surface area contributed by atoms with E-state index in [-0.39, 0.29) is 6.04 Å². The molecule has 0 bridgehead atoms. The molecule has 112 valence electrons. The fourth-order valence-corrected chi connectivity index (χ4v) is 2.63. The van der Waals surface area contributed by atoms with Crippen LogP contribution in [0.5, 0.6) is 11.5 Å². The van der Waals surface area contributed by atoms with Crippen LogP contribution in [-0.4, -0.2) is 33.0 Å². The molecule has 3 atom stereocenters. The largest absolute Gasteiger partial charge is 0.497 e. The van der Waals surface area contributed by atoms with Gasteiger partial charge in [0.15, 0.2) is 0 Å². The summed E-state index contributed by atoms with van der Waals surface area (Å²) in [7, 11) is 3.37. The summed E-state index contributed by atoms with van der Waals surface area (Å²) in [6.45, 7) is 5.13. The molecule has 1 aliphatic rings. The van der Waals surface area contributed by atoms with Gasteiger partial charge in [0.1, 0.15) is 11.5 Å². The van der Waals surface area contributed by atoms with E-state index in [1.165, 1.54) is 0 Å². The average molecular weight is 279 g/mol. The predicted octanol–water partition coefficient (Wildman–Crippen LogP) is 2.92. The van der Waals surface area contributed by atoms with Crippen LogP contribution in [0.25, 0.3) is 0 Å². The normalized spacial score (nSPS) is 23.6. The molecule has 4 nitrogen and oxygen atoms in total. The van der Waals surface area contributed by atoms with E-state index in [0.29, 0.717) is 12.2 Å².